The molecule has 0 saturated carbocycles. The average molecular weight is 917 g/mol. The van der Waals surface area contributed by atoms with Gasteiger partial charge in [-0.05, 0) is 77.8 Å². The SMILES string of the molecule is c1ccc(-c2nc(-c3ccc4c(c3)C3c5ccccc5C4c4cc(-c5nc(-c6ccccc6)nc(-c6cccc7ccc8ccccc8c67)n5)ccc43)nc(-c3cccc4ccc5ccccc5c34)n2)cc1. The lowest BCUT2D eigenvalue weighted by Gasteiger charge is -2.42. The van der Waals surface area contributed by atoms with Crippen LogP contribution in [-0.2, 0) is 0 Å². The van der Waals surface area contributed by atoms with Crippen LogP contribution in [0.1, 0.15) is 45.2 Å². The molecule has 2 heterocycles. The standard InChI is InChI=1S/C66H40N6/c1-3-17-43(18-4-1)61-67-63(71-65(69-61)53-27-13-21-41-31-29-39-15-7-9-23-47(39)57(41)53)45-33-35-51-55(37-45)59-49-25-11-12-26-50(49)60(51)56-38-46(34-36-52(56)59)64-68-62(44-19-5-2-6-20-44)70-66(72-64)54-28-14-22-42-32-30-40-16-8-10-24-48(40)58(42)54/h1-38,59-60H. The molecule has 6 nitrogen and oxygen atoms in total. The van der Waals surface area contributed by atoms with Crippen LogP contribution in [0.3, 0.4) is 0 Å². The number of fused-ring (bicyclic) bond motifs is 6. The van der Waals surface area contributed by atoms with Crippen molar-refractivity contribution in [3.63, 3.8) is 0 Å². The van der Waals surface area contributed by atoms with Gasteiger partial charge in [0.2, 0.25) is 0 Å². The third-order valence-electron chi connectivity index (χ3n) is 14.9. The van der Waals surface area contributed by atoms with E-state index in [9.17, 15) is 0 Å². The summed E-state index contributed by atoms with van der Waals surface area (Å²) in [5.74, 6) is 3.86. The number of rotatable bonds is 6. The molecule has 0 N–H and O–H groups in total. The number of benzene rings is 11. The van der Waals surface area contributed by atoms with Gasteiger partial charge in [0, 0.05) is 56.0 Å². The molecule has 2 aromatic heterocycles. The van der Waals surface area contributed by atoms with Crippen LogP contribution >= 0.6 is 0 Å². The summed E-state index contributed by atoms with van der Waals surface area (Å²) in [4.78, 5) is 31.6. The largest absolute Gasteiger partial charge is 0.208 e. The van der Waals surface area contributed by atoms with E-state index in [4.69, 9.17) is 29.9 Å². The fraction of sp³-hybridized carbons (Fsp3) is 0.0303. The molecule has 2 bridgehead atoms. The Morgan fingerprint density at radius 1 is 0.222 bits per heavy atom. The first-order chi connectivity index (χ1) is 35.7. The van der Waals surface area contributed by atoms with Gasteiger partial charge in [-0.15, -0.1) is 0 Å². The van der Waals surface area contributed by atoms with Crippen molar-refractivity contribution < 1.29 is 0 Å². The molecule has 3 aliphatic rings. The summed E-state index contributed by atoms with van der Waals surface area (Å²) in [5.41, 5.74) is 13.5. The molecule has 0 spiro atoms. The maximum Gasteiger partial charge on any atom is 0.164 e. The highest BCUT2D eigenvalue weighted by Crippen LogP contribution is 2.56. The Kier molecular flexibility index (Phi) is 8.98. The van der Waals surface area contributed by atoms with E-state index in [1.165, 1.54) is 54.9 Å². The Bertz CT molecular complexity index is 4080. The number of hydrogen-bond donors (Lipinski definition) is 0. The van der Waals surface area contributed by atoms with Crippen LogP contribution in [0.25, 0.3) is 111 Å². The average Bonchev–Trinajstić information content (AvgIpc) is 3.46. The second kappa shape index (κ2) is 16.0. The van der Waals surface area contributed by atoms with Crippen LogP contribution in [0.5, 0.6) is 0 Å². The summed E-state index contributed by atoms with van der Waals surface area (Å²) in [6.07, 6.45) is 0. The Labute approximate surface area is 415 Å². The van der Waals surface area contributed by atoms with Gasteiger partial charge in [0.25, 0.3) is 0 Å². The fourth-order valence-corrected chi connectivity index (χ4v) is 11.7. The molecule has 11 aromatic carbocycles. The minimum atomic E-state index is 0.00213. The second-order valence-corrected chi connectivity index (χ2v) is 18.9. The van der Waals surface area contributed by atoms with Gasteiger partial charge in [-0.3, -0.25) is 0 Å². The quantitative estimate of drug-likeness (QED) is 0.155. The van der Waals surface area contributed by atoms with Gasteiger partial charge >= 0.3 is 0 Å². The lowest BCUT2D eigenvalue weighted by molar-refractivity contribution is 0.754. The summed E-state index contributed by atoms with van der Waals surface area (Å²) >= 11 is 0. The van der Waals surface area contributed by atoms with Crippen molar-refractivity contribution in [3.8, 4) is 68.3 Å². The molecular formula is C66H40N6. The minimum Gasteiger partial charge on any atom is -0.208 e. The molecule has 2 atom stereocenters. The van der Waals surface area contributed by atoms with E-state index in [1.807, 2.05) is 36.4 Å². The van der Waals surface area contributed by atoms with Crippen molar-refractivity contribution in [2.75, 3.05) is 0 Å². The predicted molar refractivity (Wildman–Crippen MR) is 291 cm³/mol. The van der Waals surface area contributed by atoms with E-state index < -0.39 is 0 Å². The predicted octanol–water partition coefficient (Wildman–Crippen LogP) is 15.7. The van der Waals surface area contributed by atoms with Crippen molar-refractivity contribution in [1.82, 2.24) is 29.9 Å². The smallest absolute Gasteiger partial charge is 0.164 e. The van der Waals surface area contributed by atoms with Gasteiger partial charge in [-0.1, -0.05) is 218 Å². The third-order valence-corrected chi connectivity index (χ3v) is 14.9. The molecule has 0 fully saturated rings. The van der Waals surface area contributed by atoms with E-state index in [2.05, 4.69) is 194 Å². The lowest BCUT2D eigenvalue weighted by atomic mass is 9.61. The monoisotopic (exact) mass is 916 g/mol. The van der Waals surface area contributed by atoms with Gasteiger partial charge in [0.15, 0.2) is 34.9 Å². The second-order valence-electron chi connectivity index (χ2n) is 18.9. The molecule has 13 aromatic rings. The van der Waals surface area contributed by atoms with Crippen LogP contribution in [0.15, 0.2) is 231 Å². The van der Waals surface area contributed by atoms with Crippen LogP contribution in [0, 0.1) is 0 Å². The van der Waals surface area contributed by atoms with Crippen molar-refractivity contribution in [1.29, 1.82) is 0 Å². The maximum atomic E-state index is 5.35. The first-order valence-electron chi connectivity index (χ1n) is 24.5. The summed E-state index contributed by atoms with van der Waals surface area (Å²) in [6.45, 7) is 0. The van der Waals surface area contributed by atoms with E-state index in [-0.39, 0.29) is 11.8 Å². The zero-order chi connectivity index (χ0) is 47.3. The van der Waals surface area contributed by atoms with E-state index in [0.717, 1.165) is 54.9 Å². The Morgan fingerprint density at radius 2 is 0.569 bits per heavy atom. The van der Waals surface area contributed by atoms with Crippen LogP contribution in [0.4, 0.5) is 0 Å². The van der Waals surface area contributed by atoms with Crippen molar-refractivity contribution in [2.45, 2.75) is 11.8 Å². The molecule has 0 aliphatic heterocycles. The maximum absolute atomic E-state index is 5.35. The lowest BCUT2D eigenvalue weighted by Crippen LogP contribution is -2.27. The zero-order valence-electron chi connectivity index (χ0n) is 38.8. The Balaban J connectivity index is 0.883. The molecule has 334 valence electrons. The minimum absolute atomic E-state index is 0.00213. The summed E-state index contributed by atoms with van der Waals surface area (Å²) in [5, 5.41) is 9.25. The zero-order valence-corrected chi connectivity index (χ0v) is 38.8. The Morgan fingerprint density at radius 3 is 1.03 bits per heavy atom. The van der Waals surface area contributed by atoms with Crippen molar-refractivity contribution in [2.24, 2.45) is 0 Å². The summed E-state index contributed by atoms with van der Waals surface area (Å²) < 4.78 is 0. The summed E-state index contributed by atoms with van der Waals surface area (Å²) in [6, 6.07) is 81.8. The topological polar surface area (TPSA) is 77.3 Å². The number of nitrogens with zero attached hydrogens (tertiary/aromatic N) is 6. The van der Waals surface area contributed by atoms with Crippen LogP contribution in [0.2, 0.25) is 0 Å². The molecule has 0 radical (unpaired) electrons. The first kappa shape index (κ1) is 40.4. The normalized spacial score (nSPS) is 14.4. The molecule has 0 amide bonds. The van der Waals surface area contributed by atoms with Gasteiger partial charge in [0.05, 0.1) is 0 Å². The molecule has 0 saturated heterocycles. The summed E-state index contributed by atoms with van der Waals surface area (Å²) in [7, 11) is 0. The highest BCUT2D eigenvalue weighted by Gasteiger charge is 2.41. The van der Waals surface area contributed by atoms with Crippen LogP contribution in [-0.4, -0.2) is 29.9 Å². The third kappa shape index (κ3) is 6.36. The van der Waals surface area contributed by atoms with Gasteiger partial charge in [-0.25, -0.2) is 29.9 Å². The highest BCUT2D eigenvalue weighted by molar-refractivity contribution is 6.15. The highest BCUT2D eigenvalue weighted by atomic mass is 15.0. The number of aromatic nitrogens is 6. The number of hydrogen-bond acceptors (Lipinski definition) is 6. The van der Waals surface area contributed by atoms with Crippen LogP contribution < -0.4 is 0 Å². The van der Waals surface area contributed by atoms with Crippen molar-refractivity contribution >= 4 is 43.1 Å². The van der Waals surface area contributed by atoms with Crippen molar-refractivity contribution in [3.05, 3.63) is 264 Å². The molecule has 2 unspecified atom stereocenters. The van der Waals surface area contributed by atoms with Gasteiger partial charge < -0.3 is 0 Å². The van der Waals surface area contributed by atoms with Gasteiger partial charge in [-0.2, -0.15) is 0 Å². The molecule has 72 heavy (non-hydrogen) atoms. The first-order valence-corrected chi connectivity index (χ1v) is 24.5. The molecular weight excluding hydrogens is 877 g/mol. The fourth-order valence-electron chi connectivity index (χ4n) is 11.7. The molecule has 16 rings (SSSR count). The van der Waals surface area contributed by atoms with Gasteiger partial charge in [0.1, 0.15) is 0 Å². The molecule has 3 aliphatic carbocycles. The Hall–Kier alpha value is -9.52. The molecule has 6 heteroatoms. The van der Waals surface area contributed by atoms with E-state index in [0.29, 0.717) is 34.9 Å². The van der Waals surface area contributed by atoms with E-state index >= 15 is 0 Å². The van der Waals surface area contributed by atoms with E-state index in [1.54, 1.807) is 0 Å².